The highest BCUT2D eigenvalue weighted by atomic mass is 32.4. The van der Waals surface area contributed by atoms with Crippen LogP contribution in [0.2, 0.25) is 0 Å². The Morgan fingerprint density at radius 3 is 2.08 bits per heavy atom. The van der Waals surface area contributed by atoms with Crippen LogP contribution < -0.4 is 4.52 Å². The van der Waals surface area contributed by atoms with Crippen molar-refractivity contribution < 1.29 is 4.52 Å². The van der Waals surface area contributed by atoms with Gasteiger partial charge in [0.15, 0.2) is 0 Å². The van der Waals surface area contributed by atoms with E-state index in [4.69, 9.17) is 16.3 Å². The van der Waals surface area contributed by atoms with E-state index < -0.39 is 0 Å². The quantitative estimate of drug-likeness (QED) is 0.691. The van der Waals surface area contributed by atoms with Gasteiger partial charge in [0.25, 0.3) is 0 Å². The molecule has 0 aliphatic heterocycles. The number of hydrogen-bond acceptors (Lipinski definition) is 2. The Morgan fingerprint density at radius 1 is 1.15 bits per heavy atom. The Morgan fingerprint density at radius 2 is 1.69 bits per heavy atom. The minimum atomic E-state index is 0.199. The van der Waals surface area contributed by atoms with E-state index in [1.165, 1.54) is 5.56 Å². The summed E-state index contributed by atoms with van der Waals surface area (Å²) in [6, 6.07) is 8.07. The SMILES string of the molecule is CC(C)(C)c1ccc(OP=S)cc1. The summed E-state index contributed by atoms with van der Waals surface area (Å²) in [4.78, 5) is 0. The first-order chi connectivity index (χ1) is 6.04. The maximum atomic E-state index is 5.16. The molecule has 1 nitrogen and oxygen atoms in total. The molecule has 0 saturated heterocycles. The summed E-state index contributed by atoms with van der Waals surface area (Å²) in [7, 11) is 0.527. The van der Waals surface area contributed by atoms with Crippen LogP contribution in [-0.4, -0.2) is 0 Å². The van der Waals surface area contributed by atoms with E-state index in [9.17, 15) is 0 Å². The highest BCUT2D eigenvalue weighted by Crippen LogP contribution is 2.25. The molecule has 0 aromatic heterocycles. The Kier molecular flexibility index (Phi) is 3.40. The summed E-state index contributed by atoms with van der Waals surface area (Å²) in [6.45, 7) is 6.57. The molecular weight excluding hydrogens is 199 g/mol. The molecule has 0 aliphatic carbocycles. The summed E-state index contributed by atoms with van der Waals surface area (Å²) < 4.78 is 5.16. The molecule has 0 saturated carbocycles. The van der Waals surface area contributed by atoms with Gasteiger partial charge in [-0.2, -0.15) is 0 Å². The number of benzene rings is 1. The van der Waals surface area contributed by atoms with E-state index in [-0.39, 0.29) is 5.41 Å². The fraction of sp³-hybridized carbons (Fsp3) is 0.400. The summed E-state index contributed by atoms with van der Waals surface area (Å²) in [5.74, 6) is 0.838. The molecule has 0 bridgehead atoms. The summed E-state index contributed by atoms with van der Waals surface area (Å²) in [5, 5.41) is 0. The van der Waals surface area contributed by atoms with Crippen LogP contribution >= 0.6 is 7.58 Å². The maximum absolute atomic E-state index is 5.16. The monoisotopic (exact) mass is 212 g/mol. The summed E-state index contributed by atoms with van der Waals surface area (Å²) in [6.07, 6.45) is 0. The standard InChI is InChI=1S/C10H13OPS/c1-10(2,3)8-4-6-9(7-5-8)11-12-13/h4-7H,1-3H3. The van der Waals surface area contributed by atoms with Crippen LogP contribution in [0.4, 0.5) is 0 Å². The first-order valence-corrected chi connectivity index (χ1v) is 5.97. The Labute approximate surface area is 86.0 Å². The van der Waals surface area contributed by atoms with Crippen LogP contribution in [-0.2, 0) is 17.2 Å². The summed E-state index contributed by atoms with van der Waals surface area (Å²) >= 11 is 4.69. The van der Waals surface area contributed by atoms with Crippen LogP contribution in [0.1, 0.15) is 26.3 Å². The average Bonchev–Trinajstić information content (AvgIpc) is 2.04. The lowest BCUT2D eigenvalue weighted by molar-refractivity contribution is 0.586. The second-order valence-corrected chi connectivity index (χ2v) is 4.72. The molecule has 0 fully saturated rings. The third kappa shape index (κ3) is 3.06. The zero-order chi connectivity index (χ0) is 9.90. The Balaban J connectivity index is 2.87. The molecule has 1 aromatic carbocycles. The topological polar surface area (TPSA) is 9.23 Å². The first kappa shape index (κ1) is 10.6. The van der Waals surface area contributed by atoms with Crippen molar-refractivity contribution in [3.63, 3.8) is 0 Å². The molecule has 1 rings (SSSR count). The molecular formula is C10H13OPS. The molecule has 0 amide bonds. The van der Waals surface area contributed by atoms with Gasteiger partial charge in [-0.15, -0.1) is 0 Å². The molecule has 0 heterocycles. The molecule has 0 unspecified atom stereocenters. The highest BCUT2D eigenvalue weighted by molar-refractivity contribution is 7.94. The predicted molar refractivity (Wildman–Crippen MR) is 60.1 cm³/mol. The van der Waals surface area contributed by atoms with Crippen molar-refractivity contribution in [1.82, 2.24) is 0 Å². The van der Waals surface area contributed by atoms with E-state index in [2.05, 4.69) is 32.9 Å². The molecule has 70 valence electrons. The van der Waals surface area contributed by atoms with Crippen molar-refractivity contribution in [2.75, 3.05) is 0 Å². The molecule has 13 heavy (non-hydrogen) atoms. The van der Waals surface area contributed by atoms with Gasteiger partial charge in [0, 0.05) is 0 Å². The van der Waals surface area contributed by atoms with Crippen molar-refractivity contribution in [3.8, 4) is 5.75 Å². The van der Waals surface area contributed by atoms with Crippen molar-refractivity contribution in [3.05, 3.63) is 29.8 Å². The largest absolute Gasteiger partial charge is 0.429 e. The molecule has 3 heteroatoms. The van der Waals surface area contributed by atoms with Gasteiger partial charge in [-0.3, -0.25) is 0 Å². The minimum absolute atomic E-state index is 0.199. The van der Waals surface area contributed by atoms with Crippen LogP contribution in [0.15, 0.2) is 24.3 Å². The van der Waals surface area contributed by atoms with E-state index in [1.807, 2.05) is 12.1 Å². The highest BCUT2D eigenvalue weighted by Gasteiger charge is 2.12. The smallest absolute Gasteiger partial charge is 0.205 e. The van der Waals surface area contributed by atoms with Crippen LogP contribution in [0, 0.1) is 0 Å². The van der Waals surface area contributed by atoms with Gasteiger partial charge in [0.1, 0.15) is 5.75 Å². The molecule has 0 aliphatic rings. The van der Waals surface area contributed by atoms with Crippen LogP contribution in [0.3, 0.4) is 0 Å². The van der Waals surface area contributed by atoms with Crippen LogP contribution in [0.25, 0.3) is 0 Å². The van der Waals surface area contributed by atoms with Crippen molar-refractivity contribution in [1.29, 1.82) is 0 Å². The summed E-state index contributed by atoms with van der Waals surface area (Å²) in [5.41, 5.74) is 1.50. The van der Waals surface area contributed by atoms with Gasteiger partial charge in [0.2, 0.25) is 7.58 Å². The zero-order valence-electron chi connectivity index (χ0n) is 8.07. The number of hydrogen-bond donors (Lipinski definition) is 0. The normalized spacial score (nSPS) is 11.6. The third-order valence-corrected chi connectivity index (χ3v) is 2.37. The molecule has 1 aromatic rings. The lowest BCUT2D eigenvalue weighted by Gasteiger charge is -2.18. The molecule has 0 radical (unpaired) electrons. The van der Waals surface area contributed by atoms with Gasteiger partial charge in [-0.1, -0.05) is 32.9 Å². The molecule has 0 N–H and O–H groups in total. The third-order valence-electron chi connectivity index (χ3n) is 1.86. The fourth-order valence-corrected chi connectivity index (χ4v) is 1.52. The lowest BCUT2D eigenvalue weighted by Crippen LogP contribution is -2.10. The Hall–Kier alpha value is -0.460. The first-order valence-electron chi connectivity index (χ1n) is 4.14. The van der Waals surface area contributed by atoms with Crippen LogP contribution in [0.5, 0.6) is 5.75 Å². The van der Waals surface area contributed by atoms with E-state index in [1.54, 1.807) is 0 Å². The minimum Gasteiger partial charge on any atom is -0.429 e. The maximum Gasteiger partial charge on any atom is 0.205 e. The van der Waals surface area contributed by atoms with Crippen molar-refractivity contribution in [2.24, 2.45) is 0 Å². The van der Waals surface area contributed by atoms with Gasteiger partial charge < -0.3 is 4.52 Å². The predicted octanol–water partition coefficient (Wildman–Crippen LogP) is 3.69. The van der Waals surface area contributed by atoms with Gasteiger partial charge in [-0.05, 0) is 34.9 Å². The van der Waals surface area contributed by atoms with Gasteiger partial charge in [0.05, 0.1) is 0 Å². The van der Waals surface area contributed by atoms with E-state index in [0.717, 1.165) is 5.75 Å². The second-order valence-electron chi connectivity index (χ2n) is 3.94. The van der Waals surface area contributed by atoms with Crippen molar-refractivity contribution in [2.45, 2.75) is 26.2 Å². The zero-order valence-corrected chi connectivity index (χ0v) is 9.78. The number of rotatable bonds is 2. The average molecular weight is 212 g/mol. The molecule has 0 atom stereocenters. The second kappa shape index (κ2) is 4.17. The van der Waals surface area contributed by atoms with Gasteiger partial charge >= 0.3 is 0 Å². The van der Waals surface area contributed by atoms with E-state index in [0.29, 0.717) is 7.58 Å². The molecule has 0 spiro atoms. The van der Waals surface area contributed by atoms with E-state index >= 15 is 0 Å². The van der Waals surface area contributed by atoms with Crippen molar-refractivity contribution >= 4 is 19.4 Å². The fourth-order valence-electron chi connectivity index (χ4n) is 1.06. The Bertz CT molecular complexity index is 287. The van der Waals surface area contributed by atoms with Gasteiger partial charge in [-0.25, -0.2) is 0 Å². The lowest BCUT2D eigenvalue weighted by atomic mass is 9.87.